The number of para-hydroxylation sites is 1. The predicted molar refractivity (Wildman–Crippen MR) is 143 cm³/mol. The normalized spacial score (nSPS) is 13.0. The fourth-order valence-electron chi connectivity index (χ4n) is 4.06. The van der Waals surface area contributed by atoms with E-state index in [1.54, 1.807) is 48.7 Å². The smallest absolute Gasteiger partial charge is 0.488 e. The zero-order valence-corrected chi connectivity index (χ0v) is 22.4. The molecule has 0 saturated heterocycles. The van der Waals surface area contributed by atoms with Gasteiger partial charge in [0.1, 0.15) is 17.1 Å². The van der Waals surface area contributed by atoms with Crippen LogP contribution < -0.4 is 9.46 Å². The molecule has 0 aliphatic carbocycles. The number of alkyl halides is 3. The van der Waals surface area contributed by atoms with Gasteiger partial charge in [0.05, 0.1) is 24.2 Å². The van der Waals surface area contributed by atoms with Gasteiger partial charge in [-0.2, -0.15) is 0 Å². The second-order valence-corrected chi connectivity index (χ2v) is 12.0. The average molecular weight is 560 g/mol. The lowest BCUT2D eigenvalue weighted by Gasteiger charge is -2.23. The van der Waals surface area contributed by atoms with Crippen LogP contribution in [0.3, 0.4) is 0 Å². The van der Waals surface area contributed by atoms with Gasteiger partial charge in [-0.25, -0.2) is 0 Å². The van der Waals surface area contributed by atoms with E-state index in [0.717, 1.165) is 6.20 Å². The highest BCUT2D eigenvalue weighted by molar-refractivity contribution is 7.90. The second-order valence-electron chi connectivity index (χ2n) is 9.93. The Kier molecular flexibility index (Phi) is 8.24. The van der Waals surface area contributed by atoms with Crippen molar-refractivity contribution in [3.8, 4) is 16.9 Å². The highest BCUT2D eigenvalue weighted by atomic mass is 32.2. The van der Waals surface area contributed by atoms with Gasteiger partial charge in [0.25, 0.3) is 0 Å². The first-order chi connectivity index (χ1) is 18.3. The maximum absolute atomic E-state index is 13.8. The average Bonchev–Trinajstić information content (AvgIpc) is 3.30. The van der Waals surface area contributed by atoms with E-state index in [1.807, 2.05) is 20.8 Å². The van der Waals surface area contributed by atoms with Gasteiger partial charge in [-0.3, -0.25) is 14.3 Å². The van der Waals surface area contributed by atoms with Crippen molar-refractivity contribution in [1.29, 1.82) is 0 Å². The number of aromatic nitrogens is 2. The number of fused-ring (bicyclic) bond motifs is 1. The largest absolute Gasteiger partial charge is 0.598 e. The molecule has 0 amide bonds. The van der Waals surface area contributed by atoms with Crippen LogP contribution in [0.2, 0.25) is 0 Å². The molecule has 11 heteroatoms. The molecule has 0 aliphatic heterocycles. The third-order valence-electron chi connectivity index (χ3n) is 5.92. The van der Waals surface area contributed by atoms with E-state index >= 15 is 0 Å². The monoisotopic (exact) mass is 559 g/mol. The summed E-state index contributed by atoms with van der Waals surface area (Å²) in [6, 6.07) is 14.7. The van der Waals surface area contributed by atoms with Crippen LogP contribution >= 0.6 is 0 Å². The van der Waals surface area contributed by atoms with Gasteiger partial charge in [-0.15, -0.1) is 17.9 Å². The van der Waals surface area contributed by atoms with Crippen molar-refractivity contribution in [3.63, 3.8) is 0 Å². The molecule has 0 fully saturated rings. The molecule has 0 radical (unpaired) electrons. The third kappa shape index (κ3) is 6.92. The van der Waals surface area contributed by atoms with E-state index in [4.69, 9.17) is 4.74 Å². The molecule has 4 aromatic rings. The molecule has 0 unspecified atom stereocenters. The number of carboxylic acid groups (broad SMARTS) is 1. The van der Waals surface area contributed by atoms with Gasteiger partial charge in [0.15, 0.2) is 0 Å². The molecule has 2 N–H and O–H groups in total. The first-order valence-electron chi connectivity index (χ1n) is 12.1. The standard InChI is InChI=1S/C28H28F3N3O4S/c1-27(2,3)39(37)33-16-21-14-19(8-10-32-21)23-12-18(13-24-22(23)9-11-34(24)28(29,30)31)17-38-25-7-5-4-6-20(25)15-26(35)36/h4-14,33H,15-17H2,1-3H3,(H,35,36)/t39-/m0/s1. The Morgan fingerprint density at radius 3 is 2.56 bits per heavy atom. The minimum absolute atomic E-state index is 0.0391. The number of nitrogens with one attached hydrogen (secondary N) is 1. The molecule has 4 rings (SSSR count). The lowest BCUT2D eigenvalue weighted by Crippen LogP contribution is -2.39. The minimum Gasteiger partial charge on any atom is -0.598 e. The number of aliphatic carboxylic acids is 1. The summed E-state index contributed by atoms with van der Waals surface area (Å²) in [5, 5.41) is 9.57. The number of carboxylic acids is 1. The van der Waals surface area contributed by atoms with Gasteiger partial charge in [-0.1, -0.05) is 18.2 Å². The molecule has 2 aromatic carbocycles. The van der Waals surface area contributed by atoms with E-state index < -0.39 is 28.4 Å². The van der Waals surface area contributed by atoms with Crippen LogP contribution in [-0.4, -0.2) is 29.9 Å². The van der Waals surface area contributed by atoms with Crippen LogP contribution in [0.15, 0.2) is 67.0 Å². The summed E-state index contributed by atoms with van der Waals surface area (Å²) in [6.45, 7) is 5.67. The third-order valence-corrected chi connectivity index (χ3v) is 7.44. The number of nitrogens with zero attached hydrogens (tertiary/aromatic N) is 2. The molecule has 0 bridgehead atoms. The maximum atomic E-state index is 13.8. The lowest BCUT2D eigenvalue weighted by molar-refractivity contribution is -0.200. The topological polar surface area (TPSA) is 99.4 Å². The van der Waals surface area contributed by atoms with Gasteiger partial charge in [0.2, 0.25) is 0 Å². The van der Waals surface area contributed by atoms with Crippen molar-refractivity contribution in [2.75, 3.05) is 0 Å². The quantitative estimate of drug-likeness (QED) is 0.246. The molecule has 1 atom stereocenters. The van der Waals surface area contributed by atoms with E-state index in [0.29, 0.717) is 39.1 Å². The Morgan fingerprint density at radius 1 is 1.13 bits per heavy atom. The summed E-state index contributed by atoms with van der Waals surface area (Å²) in [5.74, 6) is -0.677. The van der Waals surface area contributed by atoms with E-state index in [-0.39, 0.29) is 29.7 Å². The molecule has 7 nitrogen and oxygen atoms in total. The van der Waals surface area contributed by atoms with Crippen LogP contribution in [0, 0.1) is 0 Å². The molecule has 0 aliphatic rings. The number of carbonyl (C=O) groups is 1. The molecule has 206 valence electrons. The predicted octanol–water partition coefficient (Wildman–Crippen LogP) is 5.94. The van der Waals surface area contributed by atoms with Crippen LogP contribution in [0.4, 0.5) is 13.2 Å². The van der Waals surface area contributed by atoms with Crippen molar-refractivity contribution in [2.24, 2.45) is 0 Å². The minimum atomic E-state index is -4.63. The number of hydrogen-bond acceptors (Lipinski definition) is 5. The van der Waals surface area contributed by atoms with Crippen molar-refractivity contribution < 1.29 is 32.4 Å². The van der Waals surface area contributed by atoms with Crippen molar-refractivity contribution in [3.05, 3.63) is 83.8 Å². The fraction of sp³-hybridized carbons (Fsp3) is 0.286. The fourth-order valence-corrected chi connectivity index (χ4v) is 4.77. The first kappa shape index (κ1) is 28.5. The van der Waals surface area contributed by atoms with Gasteiger partial charge < -0.3 is 14.4 Å². The second kappa shape index (κ2) is 11.3. The van der Waals surface area contributed by atoms with Gasteiger partial charge in [0, 0.05) is 34.7 Å². The van der Waals surface area contributed by atoms with Crippen molar-refractivity contribution >= 4 is 28.2 Å². The lowest BCUT2D eigenvalue weighted by atomic mass is 9.99. The van der Waals surface area contributed by atoms with Crippen LogP contribution in [-0.2, 0) is 42.0 Å². The zero-order valence-electron chi connectivity index (χ0n) is 21.6. The highest BCUT2D eigenvalue weighted by Crippen LogP contribution is 2.36. The van der Waals surface area contributed by atoms with Crippen LogP contribution in [0.25, 0.3) is 22.0 Å². The van der Waals surface area contributed by atoms with Gasteiger partial charge >= 0.3 is 12.3 Å². The summed E-state index contributed by atoms with van der Waals surface area (Å²) in [7, 11) is 0. The number of ether oxygens (including phenoxy) is 1. The molecule has 39 heavy (non-hydrogen) atoms. The van der Waals surface area contributed by atoms with Crippen LogP contribution in [0.1, 0.15) is 37.6 Å². The Labute approximate surface area is 226 Å². The summed E-state index contributed by atoms with van der Waals surface area (Å²) in [6.07, 6.45) is -2.33. The highest BCUT2D eigenvalue weighted by Gasteiger charge is 2.32. The SMILES string of the molecule is CC(C)(C)[S@+]([O-])NCc1cc(-c2cc(COc3ccccc3CC(=O)O)cc3c2ccn3C(F)(F)F)ccn1. The molecule has 2 heterocycles. The summed E-state index contributed by atoms with van der Waals surface area (Å²) in [5.41, 5.74) is 2.66. The number of halogens is 3. The molecule has 0 spiro atoms. The summed E-state index contributed by atoms with van der Waals surface area (Å²) in [4.78, 5) is 15.5. The van der Waals surface area contributed by atoms with E-state index in [9.17, 15) is 27.6 Å². The number of hydrogen-bond donors (Lipinski definition) is 2. The molecule has 0 saturated carbocycles. The summed E-state index contributed by atoms with van der Waals surface area (Å²) < 4.78 is 62.4. The van der Waals surface area contributed by atoms with Crippen molar-refractivity contribution in [1.82, 2.24) is 14.3 Å². The number of rotatable bonds is 9. The first-order valence-corrected chi connectivity index (χ1v) is 13.2. The molecule has 2 aromatic heterocycles. The molecular weight excluding hydrogens is 531 g/mol. The Balaban J connectivity index is 1.71. The number of pyridine rings is 1. The molecular formula is C28H28F3N3O4S. The summed E-state index contributed by atoms with van der Waals surface area (Å²) >= 11 is -1.32. The Hall–Kier alpha value is -3.54. The maximum Gasteiger partial charge on any atom is 0.488 e. The Bertz CT molecular complexity index is 1480. The number of benzene rings is 2. The van der Waals surface area contributed by atoms with E-state index in [1.165, 1.54) is 12.1 Å². The van der Waals surface area contributed by atoms with E-state index in [2.05, 4.69) is 9.71 Å². The van der Waals surface area contributed by atoms with Gasteiger partial charge in [-0.05, 0) is 73.9 Å². The zero-order chi connectivity index (χ0) is 28.4. The Morgan fingerprint density at radius 2 is 1.87 bits per heavy atom. The van der Waals surface area contributed by atoms with Crippen LogP contribution in [0.5, 0.6) is 5.75 Å². The van der Waals surface area contributed by atoms with Crippen molar-refractivity contribution in [2.45, 2.75) is 51.4 Å².